The van der Waals surface area contributed by atoms with Crippen molar-refractivity contribution in [1.82, 2.24) is 4.90 Å². The van der Waals surface area contributed by atoms with Crippen molar-refractivity contribution in [3.05, 3.63) is 65.2 Å². The Kier molecular flexibility index (Phi) is 3.73. The number of phenolic OH excluding ortho intramolecular Hbond substituents is 1. The molecular formula is C25H25NO5. The molecule has 4 aliphatic rings. The fourth-order valence-corrected chi connectivity index (χ4v) is 6.53. The maximum Gasteiger partial charge on any atom is 0.347 e. The molecule has 160 valence electrons. The van der Waals surface area contributed by atoms with Gasteiger partial charge >= 0.3 is 5.97 Å². The Morgan fingerprint density at radius 2 is 2.06 bits per heavy atom. The minimum absolute atomic E-state index is 0.0218. The third kappa shape index (κ3) is 2.21. The van der Waals surface area contributed by atoms with Gasteiger partial charge < -0.3 is 24.6 Å². The molecule has 2 aliphatic carbocycles. The van der Waals surface area contributed by atoms with Gasteiger partial charge in [-0.25, -0.2) is 4.79 Å². The third-order valence-electron chi connectivity index (χ3n) is 7.99. The molecule has 2 aromatic carbocycles. The van der Waals surface area contributed by atoms with Gasteiger partial charge in [-0.1, -0.05) is 24.8 Å². The number of aromatic hydroxyl groups is 1. The molecule has 1 spiro atoms. The number of phenols is 1. The van der Waals surface area contributed by atoms with E-state index in [0.29, 0.717) is 24.3 Å². The third-order valence-corrected chi connectivity index (χ3v) is 7.99. The molecule has 2 aliphatic heterocycles. The van der Waals surface area contributed by atoms with Crippen LogP contribution in [0.4, 0.5) is 0 Å². The predicted molar refractivity (Wildman–Crippen MR) is 114 cm³/mol. The molecule has 3 unspecified atom stereocenters. The Morgan fingerprint density at radius 3 is 2.87 bits per heavy atom. The maximum atomic E-state index is 12.8. The highest BCUT2D eigenvalue weighted by atomic mass is 16.6. The van der Waals surface area contributed by atoms with Gasteiger partial charge in [-0.05, 0) is 68.6 Å². The number of para-hydroxylation sites is 1. The molecule has 2 heterocycles. The molecule has 4 atom stereocenters. The summed E-state index contributed by atoms with van der Waals surface area (Å²) >= 11 is 0. The first kappa shape index (κ1) is 18.9. The molecule has 0 radical (unpaired) electrons. The van der Waals surface area contributed by atoms with Crippen molar-refractivity contribution in [2.45, 2.75) is 48.8 Å². The van der Waals surface area contributed by atoms with E-state index in [1.807, 2.05) is 6.07 Å². The molecular weight excluding hydrogens is 394 g/mol. The zero-order chi connectivity index (χ0) is 21.5. The molecule has 2 N–H and O–H groups in total. The van der Waals surface area contributed by atoms with Crippen LogP contribution in [0.1, 0.15) is 40.7 Å². The van der Waals surface area contributed by atoms with Crippen LogP contribution >= 0.6 is 0 Å². The first-order valence-electron chi connectivity index (χ1n) is 10.8. The van der Waals surface area contributed by atoms with Gasteiger partial charge in [0.2, 0.25) is 0 Å². The van der Waals surface area contributed by atoms with Crippen LogP contribution in [0, 0.1) is 0 Å². The topological polar surface area (TPSA) is 79.2 Å². The molecule has 6 nitrogen and oxygen atoms in total. The number of hydrogen-bond donors (Lipinski definition) is 2. The normalized spacial score (nSPS) is 32.9. The molecule has 6 heteroatoms. The maximum absolute atomic E-state index is 12.8. The van der Waals surface area contributed by atoms with E-state index < -0.39 is 17.0 Å². The Morgan fingerprint density at radius 1 is 1.26 bits per heavy atom. The molecule has 1 saturated heterocycles. The van der Waals surface area contributed by atoms with E-state index >= 15 is 0 Å². The van der Waals surface area contributed by atoms with E-state index in [1.165, 1.54) is 12.1 Å². The highest BCUT2D eigenvalue weighted by molar-refractivity contribution is 5.94. The van der Waals surface area contributed by atoms with Gasteiger partial charge in [0.15, 0.2) is 11.5 Å². The lowest BCUT2D eigenvalue weighted by molar-refractivity contribution is -0.168. The van der Waals surface area contributed by atoms with Crippen LogP contribution < -0.4 is 9.47 Å². The Hall–Kier alpha value is -2.83. The average molecular weight is 419 g/mol. The number of piperidine rings is 1. The summed E-state index contributed by atoms with van der Waals surface area (Å²) in [5.74, 6) is 0.0893. The summed E-state index contributed by atoms with van der Waals surface area (Å²) in [5, 5.41) is 22.1. The van der Waals surface area contributed by atoms with Crippen molar-refractivity contribution in [3.63, 3.8) is 0 Å². The molecule has 0 aromatic heterocycles. The fraction of sp³-hybridized carbons (Fsp3) is 0.400. The Labute approximate surface area is 180 Å². The average Bonchev–Trinajstić information content (AvgIpc) is 3.11. The SMILES string of the molecule is C=C1CC[C@@]2(O)C3Cc4ccc(OC(=O)c5ccccc5O)c5c4C2(CCN3C)C1O5. The number of hydrogen-bond acceptors (Lipinski definition) is 6. The zero-order valence-electron chi connectivity index (χ0n) is 17.4. The summed E-state index contributed by atoms with van der Waals surface area (Å²) in [6.07, 6.45) is 2.52. The second kappa shape index (κ2) is 6.11. The van der Waals surface area contributed by atoms with Gasteiger partial charge in [0.1, 0.15) is 17.4 Å². The van der Waals surface area contributed by atoms with Crippen molar-refractivity contribution in [3.8, 4) is 17.2 Å². The quantitative estimate of drug-likeness (QED) is 0.443. The number of nitrogens with zero attached hydrogens (tertiary/aromatic N) is 1. The van der Waals surface area contributed by atoms with Crippen molar-refractivity contribution in [1.29, 1.82) is 0 Å². The van der Waals surface area contributed by atoms with Crippen molar-refractivity contribution < 1.29 is 24.5 Å². The van der Waals surface area contributed by atoms with Crippen LogP contribution in [0.25, 0.3) is 0 Å². The minimum Gasteiger partial charge on any atom is -0.507 e. The van der Waals surface area contributed by atoms with Crippen LogP contribution in [-0.2, 0) is 11.8 Å². The standard InChI is InChI=1S/C25H25NO5/c1-14-9-10-25(29)19-13-15-7-8-18(30-23(28)16-5-3-4-6-17(16)27)21-20(15)24(25,22(14)31-21)11-12-26(19)2/h3-8,19,22,27,29H,1,9-13H2,2H3/t19?,22?,24?,25-/m1/s1. The molecule has 0 amide bonds. The van der Waals surface area contributed by atoms with Gasteiger partial charge in [0.25, 0.3) is 0 Å². The number of esters is 1. The summed E-state index contributed by atoms with van der Waals surface area (Å²) < 4.78 is 12.2. The molecule has 6 rings (SSSR count). The molecule has 31 heavy (non-hydrogen) atoms. The minimum atomic E-state index is -0.912. The van der Waals surface area contributed by atoms with Crippen LogP contribution in [0.5, 0.6) is 17.2 Å². The number of likely N-dealkylation sites (tertiary alicyclic amines) is 1. The monoisotopic (exact) mass is 419 g/mol. The number of likely N-dealkylation sites (N-methyl/N-ethyl adjacent to an activating group) is 1. The van der Waals surface area contributed by atoms with E-state index in [4.69, 9.17) is 9.47 Å². The molecule has 2 fully saturated rings. The van der Waals surface area contributed by atoms with E-state index in [0.717, 1.165) is 36.1 Å². The van der Waals surface area contributed by atoms with Crippen molar-refractivity contribution in [2.75, 3.05) is 13.6 Å². The smallest absolute Gasteiger partial charge is 0.347 e. The van der Waals surface area contributed by atoms with Gasteiger partial charge in [-0.15, -0.1) is 0 Å². The van der Waals surface area contributed by atoms with E-state index in [9.17, 15) is 15.0 Å². The van der Waals surface area contributed by atoms with E-state index in [-0.39, 0.29) is 23.5 Å². The predicted octanol–water partition coefficient (Wildman–Crippen LogP) is 2.95. The highest BCUT2D eigenvalue weighted by Gasteiger charge is 2.71. The Bertz CT molecular complexity index is 1140. The summed E-state index contributed by atoms with van der Waals surface area (Å²) in [6.45, 7) is 5.14. The van der Waals surface area contributed by atoms with Crippen LogP contribution in [-0.4, -0.2) is 52.4 Å². The van der Waals surface area contributed by atoms with Crippen molar-refractivity contribution >= 4 is 5.97 Å². The van der Waals surface area contributed by atoms with Crippen LogP contribution in [0.3, 0.4) is 0 Å². The number of carbonyl (C=O) groups excluding carboxylic acids is 1. The lowest BCUT2D eigenvalue weighted by Gasteiger charge is -2.62. The van der Waals surface area contributed by atoms with Crippen LogP contribution in [0.15, 0.2) is 48.6 Å². The fourth-order valence-electron chi connectivity index (χ4n) is 6.53. The first-order valence-corrected chi connectivity index (χ1v) is 10.8. The molecule has 2 aromatic rings. The number of rotatable bonds is 2. The van der Waals surface area contributed by atoms with Gasteiger partial charge in [0.05, 0.1) is 11.0 Å². The summed E-state index contributed by atoms with van der Waals surface area (Å²) in [4.78, 5) is 15.1. The lowest BCUT2D eigenvalue weighted by atomic mass is 9.48. The van der Waals surface area contributed by atoms with Crippen LogP contribution in [0.2, 0.25) is 0 Å². The van der Waals surface area contributed by atoms with E-state index in [2.05, 4.69) is 18.5 Å². The molecule has 1 saturated carbocycles. The Balaban J connectivity index is 1.50. The second-order valence-electron chi connectivity index (χ2n) is 9.34. The van der Waals surface area contributed by atoms with Gasteiger partial charge in [-0.2, -0.15) is 0 Å². The number of aliphatic hydroxyl groups is 1. The summed E-state index contributed by atoms with van der Waals surface area (Å²) in [5.41, 5.74) is 1.71. The molecule has 2 bridgehead atoms. The number of benzene rings is 2. The number of carbonyl (C=O) groups is 1. The summed E-state index contributed by atoms with van der Waals surface area (Å²) in [7, 11) is 2.08. The van der Waals surface area contributed by atoms with E-state index in [1.54, 1.807) is 18.2 Å². The van der Waals surface area contributed by atoms with Crippen molar-refractivity contribution in [2.24, 2.45) is 0 Å². The highest BCUT2D eigenvalue weighted by Crippen LogP contribution is 2.66. The zero-order valence-corrected chi connectivity index (χ0v) is 17.4. The largest absolute Gasteiger partial charge is 0.507 e. The summed E-state index contributed by atoms with van der Waals surface area (Å²) in [6, 6.07) is 10.1. The van der Waals surface area contributed by atoms with Gasteiger partial charge in [0, 0.05) is 11.6 Å². The lowest BCUT2D eigenvalue weighted by Crippen LogP contribution is -2.74. The van der Waals surface area contributed by atoms with Gasteiger partial charge in [-0.3, -0.25) is 0 Å². The second-order valence-corrected chi connectivity index (χ2v) is 9.34. The first-order chi connectivity index (χ1) is 14.9. The number of ether oxygens (including phenoxy) is 2.